The second kappa shape index (κ2) is 5.92. The Kier molecular flexibility index (Phi) is 4.14. The molecule has 2 heteroatoms. The summed E-state index contributed by atoms with van der Waals surface area (Å²) in [6, 6.07) is 13.3. The summed E-state index contributed by atoms with van der Waals surface area (Å²) in [5, 5.41) is 2.52. The molecule has 1 aromatic heterocycles. The summed E-state index contributed by atoms with van der Waals surface area (Å²) in [4.78, 5) is 3.48. The summed E-state index contributed by atoms with van der Waals surface area (Å²) < 4.78 is 1.12. The van der Waals surface area contributed by atoms with E-state index in [0.717, 1.165) is 4.47 Å². The van der Waals surface area contributed by atoms with Gasteiger partial charge in [-0.25, -0.2) is 0 Å². The number of aromatic amines is 1. The molecule has 0 saturated carbocycles. The fourth-order valence-electron chi connectivity index (χ4n) is 2.97. The minimum Gasteiger partial charge on any atom is -0.360 e. The van der Waals surface area contributed by atoms with Crippen molar-refractivity contribution in [2.24, 2.45) is 0 Å². The number of hydrogen-bond acceptors (Lipinski definition) is 0. The van der Waals surface area contributed by atoms with Crippen LogP contribution in [0.1, 0.15) is 50.7 Å². The van der Waals surface area contributed by atoms with Crippen molar-refractivity contribution in [1.29, 1.82) is 0 Å². The van der Waals surface area contributed by atoms with E-state index in [9.17, 15) is 0 Å². The molecule has 0 unspecified atom stereocenters. The van der Waals surface area contributed by atoms with Crippen LogP contribution >= 0.6 is 15.9 Å². The SMILES string of the molecule is CC(C)c1ccc(-c2[nH]cc3ccc(Br)cc23)c(C(C)C)c1. The van der Waals surface area contributed by atoms with Gasteiger partial charge < -0.3 is 4.98 Å². The van der Waals surface area contributed by atoms with Crippen molar-refractivity contribution >= 4 is 26.7 Å². The normalized spacial score (nSPS) is 11.8. The molecule has 2 aromatic carbocycles. The van der Waals surface area contributed by atoms with Gasteiger partial charge in [-0.2, -0.15) is 0 Å². The van der Waals surface area contributed by atoms with Gasteiger partial charge in [0.1, 0.15) is 0 Å². The molecule has 1 N–H and O–H groups in total. The monoisotopic (exact) mass is 355 g/mol. The quantitative estimate of drug-likeness (QED) is 0.528. The van der Waals surface area contributed by atoms with Crippen LogP contribution in [0.3, 0.4) is 0 Å². The van der Waals surface area contributed by atoms with E-state index in [1.807, 2.05) is 0 Å². The number of H-pyrrole nitrogens is 1. The second-order valence-corrected chi connectivity index (χ2v) is 7.47. The molecule has 1 nitrogen and oxygen atoms in total. The van der Waals surface area contributed by atoms with Gasteiger partial charge in [0.25, 0.3) is 0 Å². The summed E-state index contributed by atoms with van der Waals surface area (Å²) in [5.41, 5.74) is 5.35. The first-order chi connectivity index (χ1) is 10.5. The minimum absolute atomic E-state index is 0.499. The average molecular weight is 356 g/mol. The Bertz CT molecular complexity index is 812. The summed E-state index contributed by atoms with van der Waals surface area (Å²) in [6.07, 6.45) is 2.09. The van der Waals surface area contributed by atoms with Crippen LogP contribution in [0, 0.1) is 0 Å². The third-order valence-electron chi connectivity index (χ3n) is 4.29. The number of hydrogen-bond donors (Lipinski definition) is 1. The maximum atomic E-state index is 3.59. The number of aromatic nitrogens is 1. The van der Waals surface area contributed by atoms with Crippen LogP contribution in [0.25, 0.3) is 22.0 Å². The van der Waals surface area contributed by atoms with Crippen LogP contribution in [-0.4, -0.2) is 4.98 Å². The molecule has 114 valence electrons. The lowest BCUT2D eigenvalue weighted by Crippen LogP contribution is -1.97. The van der Waals surface area contributed by atoms with Crippen LogP contribution in [0.5, 0.6) is 0 Å². The van der Waals surface area contributed by atoms with Gasteiger partial charge in [0.15, 0.2) is 0 Å². The zero-order chi connectivity index (χ0) is 15.9. The zero-order valence-corrected chi connectivity index (χ0v) is 15.2. The predicted octanol–water partition coefficient (Wildman–Crippen LogP) is 6.84. The minimum atomic E-state index is 0.499. The number of rotatable bonds is 3. The highest BCUT2D eigenvalue weighted by molar-refractivity contribution is 9.10. The van der Waals surface area contributed by atoms with Crippen molar-refractivity contribution < 1.29 is 0 Å². The fraction of sp³-hybridized carbons (Fsp3) is 0.300. The fourth-order valence-corrected chi connectivity index (χ4v) is 3.33. The van der Waals surface area contributed by atoms with E-state index >= 15 is 0 Å². The lowest BCUT2D eigenvalue weighted by molar-refractivity contribution is 0.835. The first-order valence-electron chi connectivity index (χ1n) is 7.88. The van der Waals surface area contributed by atoms with E-state index < -0.39 is 0 Å². The third-order valence-corrected chi connectivity index (χ3v) is 4.78. The molecule has 1 heterocycles. The zero-order valence-electron chi connectivity index (χ0n) is 13.6. The highest BCUT2D eigenvalue weighted by atomic mass is 79.9. The Balaban J connectivity index is 2.23. The topological polar surface area (TPSA) is 15.8 Å². The molecular weight excluding hydrogens is 334 g/mol. The van der Waals surface area contributed by atoms with Crippen LogP contribution in [-0.2, 0) is 0 Å². The van der Waals surface area contributed by atoms with Crippen molar-refractivity contribution in [1.82, 2.24) is 4.98 Å². The lowest BCUT2D eigenvalue weighted by Gasteiger charge is -2.16. The highest BCUT2D eigenvalue weighted by Crippen LogP contribution is 2.36. The standard InChI is InChI=1S/C20H22BrN/c1-12(2)14-6-8-17(18(9-14)13(3)4)20-19-10-16(21)7-5-15(19)11-22-20/h5-13,22H,1-4H3. The largest absolute Gasteiger partial charge is 0.360 e. The number of fused-ring (bicyclic) bond motifs is 1. The number of nitrogens with one attached hydrogen (secondary N) is 1. The van der Waals surface area contributed by atoms with E-state index in [4.69, 9.17) is 0 Å². The van der Waals surface area contributed by atoms with Gasteiger partial charge in [-0.05, 0) is 40.5 Å². The summed E-state index contributed by atoms with van der Waals surface area (Å²) in [7, 11) is 0. The van der Waals surface area contributed by atoms with Crippen molar-refractivity contribution in [3.8, 4) is 11.3 Å². The molecule has 22 heavy (non-hydrogen) atoms. The van der Waals surface area contributed by atoms with Gasteiger partial charge in [0.2, 0.25) is 0 Å². The van der Waals surface area contributed by atoms with Gasteiger partial charge in [-0.3, -0.25) is 0 Å². The van der Waals surface area contributed by atoms with Crippen LogP contribution < -0.4 is 0 Å². The Morgan fingerprint density at radius 1 is 0.909 bits per heavy atom. The van der Waals surface area contributed by atoms with Crippen LogP contribution in [0.15, 0.2) is 47.1 Å². The maximum absolute atomic E-state index is 3.59. The highest BCUT2D eigenvalue weighted by Gasteiger charge is 2.14. The molecule has 0 spiro atoms. The smallest absolute Gasteiger partial charge is 0.0537 e. The number of halogens is 1. The van der Waals surface area contributed by atoms with E-state index in [-0.39, 0.29) is 0 Å². The third kappa shape index (κ3) is 2.72. The van der Waals surface area contributed by atoms with Gasteiger partial charge in [0.05, 0.1) is 5.69 Å². The Hall–Kier alpha value is -1.54. The van der Waals surface area contributed by atoms with Gasteiger partial charge >= 0.3 is 0 Å². The van der Waals surface area contributed by atoms with Crippen molar-refractivity contribution in [3.63, 3.8) is 0 Å². The van der Waals surface area contributed by atoms with E-state index in [2.05, 4.69) is 91.2 Å². The Labute approximate surface area is 140 Å². The molecular formula is C20H22BrN. The molecule has 0 aliphatic carbocycles. The molecule has 0 bridgehead atoms. The Morgan fingerprint density at radius 3 is 2.36 bits per heavy atom. The molecule has 0 radical (unpaired) electrons. The molecule has 0 saturated heterocycles. The molecule has 3 aromatic rings. The van der Waals surface area contributed by atoms with Gasteiger partial charge in [-0.1, -0.05) is 67.9 Å². The number of benzene rings is 2. The van der Waals surface area contributed by atoms with Crippen molar-refractivity contribution in [2.75, 3.05) is 0 Å². The second-order valence-electron chi connectivity index (χ2n) is 6.55. The maximum Gasteiger partial charge on any atom is 0.0537 e. The molecule has 0 atom stereocenters. The van der Waals surface area contributed by atoms with Gasteiger partial charge in [-0.15, -0.1) is 0 Å². The molecule has 0 fully saturated rings. The van der Waals surface area contributed by atoms with Crippen molar-refractivity contribution in [2.45, 2.75) is 39.5 Å². The first kappa shape index (κ1) is 15.4. The first-order valence-corrected chi connectivity index (χ1v) is 8.67. The summed E-state index contributed by atoms with van der Waals surface area (Å²) >= 11 is 3.59. The average Bonchev–Trinajstić information content (AvgIpc) is 2.89. The summed E-state index contributed by atoms with van der Waals surface area (Å²) in [6.45, 7) is 9.04. The van der Waals surface area contributed by atoms with E-state index in [0.29, 0.717) is 11.8 Å². The molecule has 0 aliphatic rings. The van der Waals surface area contributed by atoms with Crippen molar-refractivity contribution in [3.05, 3.63) is 58.2 Å². The van der Waals surface area contributed by atoms with Crippen LogP contribution in [0.2, 0.25) is 0 Å². The molecule has 0 amide bonds. The van der Waals surface area contributed by atoms with Crippen LogP contribution in [0.4, 0.5) is 0 Å². The van der Waals surface area contributed by atoms with E-state index in [1.165, 1.54) is 33.2 Å². The molecule has 0 aliphatic heterocycles. The van der Waals surface area contributed by atoms with E-state index in [1.54, 1.807) is 0 Å². The molecule has 3 rings (SSSR count). The lowest BCUT2D eigenvalue weighted by atomic mass is 9.89. The van der Waals surface area contributed by atoms with Gasteiger partial charge in [0, 0.05) is 21.6 Å². The predicted molar refractivity (Wildman–Crippen MR) is 99.6 cm³/mol. The summed E-state index contributed by atoms with van der Waals surface area (Å²) in [5.74, 6) is 1.06. The Morgan fingerprint density at radius 2 is 1.68 bits per heavy atom.